The summed E-state index contributed by atoms with van der Waals surface area (Å²) in [5.74, 6) is -0.527. The third kappa shape index (κ3) is 4.25. The highest BCUT2D eigenvalue weighted by atomic mass is 32.1. The Bertz CT molecular complexity index is 1280. The first kappa shape index (κ1) is 24.2. The zero-order valence-corrected chi connectivity index (χ0v) is 18.7. The molecule has 172 valence electrons. The third-order valence-electron chi connectivity index (χ3n) is 5.05. The van der Waals surface area contributed by atoms with Gasteiger partial charge in [0.25, 0.3) is 0 Å². The molecule has 0 bridgehead atoms. The molecule has 2 aliphatic heterocycles. The zero-order chi connectivity index (χ0) is 25.0. The minimum absolute atomic E-state index is 0.0371. The smallest absolute Gasteiger partial charge is 0.340 e. The number of benzene rings is 3. The van der Waals surface area contributed by atoms with E-state index in [1.165, 1.54) is 31.2 Å². The van der Waals surface area contributed by atoms with Crippen molar-refractivity contribution in [2.24, 2.45) is 0 Å². The fraction of sp³-hybridized carbons (Fsp3) is 0.0800. The van der Waals surface area contributed by atoms with E-state index in [0.29, 0.717) is 33.8 Å². The van der Waals surface area contributed by atoms with E-state index in [1.54, 1.807) is 29.4 Å². The van der Waals surface area contributed by atoms with Crippen molar-refractivity contribution in [3.05, 3.63) is 95.1 Å². The van der Waals surface area contributed by atoms with Crippen molar-refractivity contribution in [3.63, 3.8) is 0 Å². The van der Waals surface area contributed by atoms with Crippen molar-refractivity contribution in [1.29, 1.82) is 5.41 Å². The monoisotopic (exact) mass is 477 g/mol. The van der Waals surface area contributed by atoms with E-state index >= 15 is 0 Å². The van der Waals surface area contributed by atoms with Crippen molar-refractivity contribution in [2.45, 2.75) is 12.5 Å². The number of carbonyl (C=O) groups is 2. The van der Waals surface area contributed by atoms with Gasteiger partial charge in [0.05, 0.1) is 10.7 Å². The largest absolute Gasteiger partial charge is 0.508 e. The van der Waals surface area contributed by atoms with Gasteiger partial charge in [-0.1, -0.05) is 24.8 Å². The molecule has 1 spiro atoms. The predicted molar refractivity (Wildman–Crippen MR) is 126 cm³/mol. The summed E-state index contributed by atoms with van der Waals surface area (Å²) in [5, 5.41) is 34.9. The Morgan fingerprint density at radius 2 is 1.47 bits per heavy atom. The summed E-state index contributed by atoms with van der Waals surface area (Å²) in [6.07, 6.45) is 0. The highest BCUT2D eigenvalue weighted by molar-refractivity contribution is 7.78. The number of thiocarbonyl (C=S) groups is 1. The maximum Gasteiger partial charge on any atom is 0.340 e. The van der Waals surface area contributed by atoms with Crippen LogP contribution in [0.15, 0.2) is 72.8 Å². The number of aliphatic carboxylic acids is 1. The van der Waals surface area contributed by atoms with Gasteiger partial charge in [0.15, 0.2) is 5.60 Å². The Kier molecular flexibility index (Phi) is 6.81. The van der Waals surface area contributed by atoms with E-state index in [2.05, 4.69) is 18.8 Å². The molecule has 0 radical (unpaired) electrons. The van der Waals surface area contributed by atoms with Crippen LogP contribution in [0.3, 0.4) is 0 Å². The summed E-state index contributed by atoms with van der Waals surface area (Å²) in [6, 6.07) is 16.6. The molecule has 4 N–H and O–H groups in total. The maximum absolute atomic E-state index is 12.5. The first-order valence-corrected chi connectivity index (χ1v) is 10.2. The van der Waals surface area contributed by atoms with Crippen molar-refractivity contribution < 1.29 is 34.4 Å². The number of hydrogen-bond donors (Lipinski definition) is 4. The van der Waals surface area contributed by atoms with Gasteiger partial charge in [-0.2, -0.15) is 0 Å². The molecule has 9 heteroatoms. The number of nitrogens with one attached hydrogen (secondary N) is 1. The number of fused-ring (bicyclic) bond motifs is 6. The number of phenolic OH excluding ortho intramolecular Hbond substituents is 2. The lowest BCUT2D eigenvalue weighted by atomic mass is 9.77. The molecule has 8 nitrogen and oxygen atoms in total. The van der Waals surface area contributed by atoms with Crippen LogP contribution in [0.5, 0.6) is 23.0 Å². The van der Waals surface area contributed by atoms with Crippen LogP contribution in [0.25, 0.3) is 0 Å². The summed E-state index contributed by atoms with van der Waals surface area (Å²) in [7, 11) is 0. The fourth-order valence-corrected chi connectivity index (χ4v) is 3.65. The van der Waals surface area contributed by atoms with E-state index in [-0.39, 0.29) is 17.1 Å². The molecule has 0 fully saturated rings. The highest BCUT2D eigenvalue weighted by Gasteiger charge is 2.53. The molecule has 3 aromatic rings. The van der Waals surface area contributed by atoms with E-state index < -0.39 is 17.5 Å². The van der Waals surface area contributed by atoms with Crippen LogP contribution in [0, 0.1) is 5.41 Å². The van der Waals surface area contributed by atoms with Crippen molar-refractivity contribution in [2.75, 3.05) is 0 Å². The van der Waals surface area contributed by atoms with Gasteiger partial charge in [-0.15, -0.1) is 0 Å². The van der Waals surface area contributed by atoms with Crippen molar-refractivity contribution in [3.8, 4) is 23.0 Å². The summed E-state index contributed by atoms with van der Waals surface area (Å²) in [4.78, 5) is 22.1. The van der Waals surface area contributed by atoms with Gasteiger partial charge in [0.1, 0.15) is 23.0 Å². The van der Waals surface area contributed by atoms with Crippen LogP contribution in [0.1, 0.15) is 34.0 Å². The molecule has 0 aromatic heterocycles. The fourth-order valence-electron chi connectivity index (χ4n) is 3.65. The molecule has 34 heavy (non-hydrogen) atoms. The van der Waals surface area contributed by atoms with E-state index in [9.17, 15) is 19.8 Å². The second-order valence-electron chi connectivity index (χ2n) is 7.27. The van der Waals surface area contributed by atoms with E-state index in [1.807, 2.05) is 12.1 Å². The van der Waals surface area contributed by atoms with E-state index in [4.69, 9.17) is 20.0 Å². The molecule has 2 aliphatic rings. The van der Waals surface area contributed by atoms with Crippen molar-refractivity contribution in [1.82, 2.24) is 0 Å². The average molecular weight is 477 g/mol. The predicted octanol–water partition coefficient (Wildman–Crippen LogP) is 4.98. The van der Waals surface area contributed by atoms with Gasteiger partial charge < -0.3 is 24.8 Å². The van der Waals surface area contributed by atoms with Gasteiger partial charge >= 0.3 is 11.9 Å². The molecular formula is C25H19NO7S. The van der Waals surface area contributed by atoms with Crippen LogP contribution >= 0.6 is 12.2 Å². The van der Waals surface area contributed by atoms with Crippen LogP contribution in [-0.2, 0) is 15.1 Å². The number of rotatable bonds is 1. The molecule has 0 aliphatic carbocycles. The number of phenols is 2. The third-order valence-corrected chi connectivity index (χ3v) is 5.05. The minimum atomic E-state index is -1.17. The van der Waals surface area contributed by atoms with Gasteiger partial charge in [-0.25, -0.2) is 15.0 Å². The number of esters is 1. The number of carboxylic acids is 1. The topological polar surface area (TPSA) is 137 Å². The lowest BCUT2D eigenvalue weighted by Crippen LogP contribution is -2.32. The van der Waals surface area contributed by atoms with Crippen LogP contribution in [0.4, 0.5) is 0 Å². The summed E-state index contributed by atoms with van der Waals surface area (Å²) in [5.41, 5.74) is 1.46. The van der Waals surface area contributed by atoms with Gasteiger partial charge in [0.2, 0.25) is 0 Å². The number of ether oxygens (including phenoxy) is 2. The van der Waals surface area contributed by atoms with Gasteiger partial charge in [0, 0.05) is 34.4 Å². The molecule has 0 saturated heterocycles. The Morgan fingerprint density at radius 3 is 1.94 bits per heavy atom. The highest BCUT2D eigenvalue weighted by Crippen LogP contribution is 2.56. The molecule has 2 heterocycles. The number of isothiocyanates is 1. The Morgan fingerprint density at radius 1 is 1.00 bits per heavy atom. The molecule has 0 unspecified atom stereocenters. The number of aromatic hydroxyl groups is 2. The molecule has 0 atom stereocenters. The first-order chi connectivity index (χ1) is 16.1. The van der Waals surface area contributed by atoms with Gasteiger partial charge in [-0.3, -0.25) is 0 Å². The second-order valence-corrected chi connectivity index (χ2v) is 7.47. The summed E-state index contributed by atoms with van der Waals surface area (Å²) in [6.45, 7) is 4.60. The van der Waals surface area contributed by atoms with Crippen LogP contribution in [0.2, 0.25) is 0 Å². The lowest BCUT2D eigenvalue weighted by Gasteiger charge is -2.36. The van der Waals surface area contributed by atoms with E-state index in [0.717, 1.165) is 0 Å². The Balaban J connectivity index is 0.000000312. The zero-order valence-electron chi connectivity index (χ0n) is 17.9. The number of carbonyl (C=O) groups excluding carboxylic acids is 1. The molecule has 0 amide bonds. The molecule has 5 rings (SSSR count). The molecule has 3 aromatic carbocycles. The minimum Gasteiger partial charge on any atom is -0.508 e. The van der Waals surface area contributed by atoms with Crippen LogP contribution in [-0.4, -0.2) is 32.4 Å². The standard InChI is InChI=1S/C20H12O5.C4H6O2.CHNS/c21-11-5-7-15-17(9-11)24-18-10-12(22)6-8-16(18)20(15)14-4-2-1-3-13(14)19(23)25-20;1-3(2)4(5)6;2-1-3/h1-10,21-22H;1H2,2H3,(H,5,6);2H. The first-order valence-electron chi connectivity index (χ1n) is 9.76. The lowest BCUT2D eigenvalue weighted by molar-refractivity contribution is -0.132. The quantitative estimate of drug-likeness (QED) is 0.167. The second kappa shape index (κ2) is 9.58. The maximum atomic E-state index is 12.5. The molecular weight excluding hydrogens is 458 g/mol. The number of hydrogen-bond acceptors (Lipinski definition) is 8. The normalized spacial score (nSPS) is 13.1. The Hall–Kier alpha value is -4.46. The summed E-state index contributed by atoms with van der Waals surface area (Å²) < 4.78 is 11.8. The Labute approximate surface area is 199 Å². The average Bonchev–Trinajstić information content (AvgIpc) is 3.07. The van der Waals surface area contributed by atoms with Gasteiger partial charge in [-0.05, 0) is 49.5 Å². The van der Waals surface area contributed by atoms with Crippen molar-refractivity contribution >= 4 is 29.3 Å². The van der Waals surface area contributed by atoms with Crippen LogP contribution < -0.4 is 4.74 Å². The summed E-state index contributed by atoms with van der Waals surface area (Å²) >= 11 is 3.81. The molecule has 0 saturated carbocycles. The number of carboxylic acid groups (broad SMARTS) is 1. The SMILES string of the molecule is C=C(C)C(=O)O.N=C=S.O=C1OC2(c3ccc(O)cc3Oc3cc(O)ccc32)c2ccccc21.